The Bertz CT molecular complexity index is 502. The lowest BCUT2D eigenvalue weighted by Gasteiger charge is -2.07. The van der Waals surface area contributed by atoms with Gasteiger partial charge in [-0.1, -0.05) is 23.7 Å². The molecule has 0 spiro atoms. The van der Waals surface area contributed by atoms with Crippen molar-refractivity contribution in [2.45, 2.75) is 18.4 Å². The van der Waals surface area contributed by atoms with Crippen molar-refractivity contribution in [1.29, 1.82) is 0 Å². The van der Waals surface area contributed by atoms with Crippen LogP contribution in [0.2, 0.25) is 5.15 Å². The number of nitrogens with one attached hydrogen (secondary N) is 1. The quantitative estimate of drug-likeness (QED) is 0.755. The van der Waals surface area contributed by atoms with E-state index in [0.717, 1.165) is 29.3 Å². The fraction of sp³-hybridized carbons (Fsp3) is 0.300. The zero-order chi connectivity index (χ0) is 9.76. The Hall–Kier alpha value is -1.06. The average Bonchev–Trinajstić information content (AvgIpc) is 2.83. The summed E-state index contributed by atoms with van der Waals surface area (Å²) in [6.45, 7) is 0. The van der Waals surface area contributed by atoms with Crippen LogP contribution in [0.25, 0.3) is 10.9 Å². The molecule has 4 heteroatoms. The van der Waals surface area contributed by atoms with Gasteiger partial charge < -0.3 is 5.11 Å². The number of hydrogen-bond acceptors (Lipinski definition) is 2. The van der Waals surface area contributed by atoms with Gasteiger partial charge in [-0.15, -0.1) is 0 Å². The molecule has 14 heavy (non-hydrogen) atoms. The molecule has 72 valence electrons. The zero-order valence-corrected chi connectivity index (χ0v) is 8.17. The summed E-state index contributed by atoms with van der Waals surface area (Å²) in [4.78, 5) is 0. The average molecular weight is 209 g/mol. The number of aliphatic hydroxyl groups is 1. The maximum absolute atomic E-state index is 10.0. The fourth-order valence-electron chi connectivity index (χ4n) is 1.77. The van der Waals surface area contributed by atoms with Crippen LogP contribution in [-0.2, 0) is 5.60 Å². The molecule has 0 radical (unpaired) electrons. The van der Waals surface area contributed by atoms with Crippen LogP contribution in [0.5, 0.6) is 0 Å². The third-order valence-corrected chi connectivity index (χ3v) is 3.05. The Kier molecular flexibility index (Phi) is 1.47. The van der Waals surface area contributed by atoms with Crippen molar-refractivity contribution < 1.29 is 5.11 Å². The van der Waals surface area contributed by atoms with Crippen LogP contribution in [0.1, 0.15) is 18.4 Å². The third kappa shape index (κ3) is 0.996. The zero-order valence-electron chi connectivity index (χ0n) is 7.42. The number of nitrogens with zero attached hydrogens (tertiary/aromatic N) is 1. The van der Waals surface area contributed by atoms with E-state index in [2.05, 4.69) is 10.2 Å². The molecule has 0 aliphatic heterocycles. The van der Waals surface area contributed by atoms with Crippen LogP contribution in [0, 0.1) is 0 Å². The highest BCUT2D eigenvalue weighted by atomic mass is 35.5. The molecule has 1 aromatic heterocycles. The SMILES string of the molecule is OC1(c2cccc3c(Cl)[nH]nc23)CC1. The molecule has 1 aromatic carbocycles. The van der Waals surface area contributed by atoms with Gasteiger partial charge in [-0.2, -0.15) is 5.10 Å². The van der Waals surface area contributed by atoms with Gasteiger partial charge in [0.1, 0.15) is 5.15 Å². The summed E-state index contributed by atoms with van der Waals surface area (Å²) in [5.41, 5.74) is 1.02. The van der Waals surface area contributed by atoms with Crippen LogP contribution in [0.15, 0.2) is 18.2 Å². The minimum atomic E-state index is -0.655. The molecule has 2 aromatic rings. The summed E-state index contributed by atoms with van der Waals surface area (Å²) in [5, 5.41) is 18.3. The van der Waals surface area contributed by atoms with Gasteiger partial charge in [0.15, 0.2) is 0 Å². The molecule has 0 unspecified atom stereocenters. The molecule has 1 aliphatic rings. The first-order valence-electron chi connectivity index (χ1n) is 4.56. The molecule has 2 N–H and O–H groups in total. The van der Waals surface area contributed by atoms with Crippen LogP contribution < -0.4 is 0 Å². The van der Waals surface area contributed by atoms with Gasteiger partial charge in [0.2, 0.25) is 0 Å². The number of rotatable bonds is 1. The lowest BCUT2D eigenvalue weighted by Crippen LogP contribution is -2.04. The minimum absolute atomic E-state index is 0.533. The predicted octanol–water partition coefficient (Wildman–Crippen LogP) is 2.20. The Morgan fingerprint density at radius 3 is 2.93 bits per heavy atom. The molecule has 3 nitrogen and oxygen atoms in total. The van der Waals surface area contributed by atoms with E-state index in [1.165, 1.54) is 0 Å². The first kappa shape index (κ1) is 8.26. The Morgan fingerprint density at radius 2 is 2.21 bits per heavy atom. The van der Waals surface area contributed by atoms with E-state index in [9.17, 15) is 5.11 Å². The van der Waals surface area contributed by atoms with Crippen LogP contribution >= 0.6 is 11.6 Å². The van der Waals surface area contributed by atoms with Gasteiger partial charge >= 0.3 is 0 Å². The van der Waals surface area contributed by atoms with Gasteiger partial charge in [-0.05, 0) is 18.9 Å². The highest BCUT2D eigenvalue weighted by Crippen LogP contribution is 2.47. The third-order valence-electron chi connectivity index (χ3n) is 2.76. The summed E-state index contributed by atoms with van der Waals surface area (Å²) in [5.74, 6) is 0. The number of hydrogen-bond donors (Lipinski definition) is 2. The van der Waals surface area contributed by atoms with Gasteiger partial charge in [0.05, 0.1) is 11.1 Å². The number of fused-ring (bicyclic) bond motifs is 1. The standard InChI is InChI=1S/C10H9ClN2O/c11-9-6-2-1-3-7(8(6)12-13-9)10(14)4-5-10/h1-3,14H,4-5H2,(H,12,13). The molecular formula is C10H9ClN2O. The molecule has 1 heterocycles. The van der Waals surface area contributed by atoms with Crippen LogP contribution in [0.3, 0.4) is 0 Å². The summed E-state index contributed by atoms with van der Waals surface area (Å²) in [6, 6.07) is 5.71. The molecule has 1 aliphatic carbocycles. The Morgan fingerprint density at radius 1 is 1.43 bits per heavy atom. The smallest absolute Gasteiger partial charge is 0.132 e. The summed E-state index contributed by atoms with van der Waals surface area (Å²) in [7, 11) is 0. The minimum Gasteiger partial charge on any atom is -0.385 e. The van der Waals surface area contributed by atoms with Crippen molar-refractivity contribution in [2.24, 2.45) is 0 Å². The highest BCUT2D eigenvalue weighted by Gasteiger charge is 2.43. The Balaban J connectivity index is 2.34. The van der Waals surface area contributed by atoms with E-state index in [1.807, 2.05) is 18.2 Å². The summed E-state index contributed by atoms with van der Waals surface area (Å²) in [6.07, 6.45) is 1.63. The van der Waals surface area contributed by atoms with Gasteiger partial charge in [0, 0.05) is 10.9 Å². The van der Waals surface area contributed by atoms with Crippen LogP contribution in [-0.4, -0.2) is 15.3 Å². The number of para-hydroxylation sites is 1. The second kappa shape index (κ2) is 2.49. The van der Waals surface area contributed by atoms with Gasteiger partial charge in [-0.3, -0.25) is 5.10 Å². The summed E-state index contributed by atoms with van der Waals surface area (Å²) >= 11 is 5.92. The molecule has 0 amide bonds. The number of aromatic nitrogens is 2. The molecule has 0 saturated heterocycles. The normalized spacial score (nSPS) is 18.7. The number of aromatic amines is 1. The molecular weight excluding hydrogens is 200 g/mol. The van der Waals surface area contributed by atoms with E-state index >= 15 is 0 Å². The van der Waals surface area contributed by atoms with Crippen molar-refractivity contribution >= 4 is 22.5 Å². The van der Waals surface area contributed by atoms with E-state index in [-0.39, 0.29) is 0 Å². The van der Waals surface area contributed by atoms with Crippen molar-refractivity contribution in [1.82, 2.24) is 10.2 Å². The maximum Gasteiger partial charge on any atom is 0.132 e. The van der Waals surface area contributed by atoms with Gasteiger partial charge in [0.25, 0.3) is 0 Å². The number of benzene rings is 1. The van der Waals surface area contributed by atoms with Crippen molar-refractivity contribution in [2.75, 3.05) is 0 Å². The predicted molar refractivity (Wildman–Crippen MR) is 54.2 cm³/mol. The monoisotopic (exact) mass is 208 g/mol. The first-order chi connectivity index (χ1) is 6.71. The van der Waals surface area contributed by atoms with Gasteiger partial charge in [-0.25, -0.2) is 0 Å². The van der Waals surface area contributed by atoms with E-state index < -0.39 is 5.60 Å². The molecule has 0 atom stereocenters. The molecule has 3 rings (SSSR count). The maximum atomic E-state index is 10.0. The molecule has 1 fully saturated rings. The number of halogens is 1. The lowest BCUT2D eigenvalue weighted by molar-refractivity contribution is 0.153. The summed E-state index contributed by atoms with van der Waals surface area (Å²) < 4.78 is 0. The second-order valence-electron chi connectivity index (χ2n) is 3.77. The fourth-order valence-corrected chi connectivity index (χ4v) is 1.96. The lowest BCUT2D eigenvalue weighted by atomic mass is 10.1. The van der Waals surface area contributed by atoms with Crippen molar-refractivity contribution in [3.05, 3.63) is 28.9 Å². The van der Waals surface area contributed by atoms with E-state index in [0.29, 0.717) is 5.15 Å². The molecule has 0 bridgehead atoms. The topological polar surface area (TPSA) is 48.9 Å². The van der Waals surface area contributed by atoms with E-state index in [4.69, 9.17) is 11.6 Å². The second-order valence-corrected chi connectivity index (χ2v) is 4.15. The number of H-pyrrole nitrogens is 1. The molecule has 1 saturated carbocycles. The Labute approximate surface area is 85.7 Å². The first-order valence-corrected chi connectivity index (χ1v) is 4.94. The highest BCUT2D eigenvalue weighted by molar-refractivity contribution is 6.34. The van der Waals surface area contributed by atoms with E-state index in [1.54, 1.807) is 0 Å². The van der Waals surface area contributed by atoms with Crippen LogP contribution in [0.4, 0.5) is 0 Å². The largest absolute Gasteiger partial charge is 0.385 e. The van der Waals surface area contributed by atoms with Crippen molar-refractivity contribution in [3.8, 4) is 0 Å². The van der Waals surface area contributed by atoms with Crippen molar-refractivity contribution in [3.63, 3.8) is 0 Å².